The largest absolute Gasteiger partial charge is 0.356 e. The molecular weight excluding hydrogens is 248 g/mol. The molecule has 1 aliphatic heterocycles. The van der Waals surface area contributed by atoms with Crippen molar-refractivity contribution in [2.75, 3.05) is 33.2 Å². The fraction of sp³-hybridized carbons (Fsp3) is 0.938. The second kappa shape index (κ2) is 8.50. The maximum absolute atomic E-state index is 4.31. The van der Waals surface area contributed by atoms with Gasteiger partial charge >= 0.3 is 0 Å². The first-order chi connectivity index (χ1) is 9.46. The average Bonchev–Trinajstić information content (AvgIpc) is 2.84. The number of hydrogen-bond donors (Lipinski definition) is 2. The van der Waals surface area contributed by atoms with Crippen LogP contribution >= 0.6 is 0 Å². The highest BCUT2D eigenvalue weighted by Gasteiger charge is 2.22. The Hall–Kier alpha value is -0.770. The zero-order valence-corrected chi connectivity index (χ0v) is 14.1. The molecule has 0 saturated carbocycles. The van der Waals surface area contributed by atoms with Gasteiger partial charge in [0.1, 0.15) is 0 Å². The first-order valence-electron chi connectivity index (χ1n) is 8.15. The van der Waals surface area contributed by atoms with Gasteiger partial charge in [-0.2, -0.15) is 0 Å². The number of likely N-dealkylation sites (N-methyl/N-ethyl adjacent to an activating group) is 1. The maximum Gasteiger partial charge on any atom is 0.191 e. The van der Waals surface area contributed by atoms with Crippen LogP contribution in [-0.2, 0) is 0 Å². The summed E-state index contributed by atoms with van der Waals surface area (Å²) >= 11 is 0. The number of nitrogens with one attached hydrogen (secondary N) is 2. The van der Waals surface area contributed by atoms with Gasteiger partial charge in [-0.1, -0.05) is 27.7 Å². The summed E-state index contributed by atoms with van der Waals surface area (Å²) < 4.78 is 0. The van der Waals surface area contributed by atoms with Crippen molar-refractivity contribution in [3.8, 4) is 0 Å². The summed E-state index contributed by atoms with van der Waals surface area (Å²) in [6.45, 7) is 13.5. The van der Waals surface area contributed by atoms with E-state index in [0.29, 0.717) is 11.5 Å². The van der Waals surface area contributed by atoms with E-state index >= 15 is 0 Å². The molecule has 1 rings (SSSR count). The van der Waals surface area contributed by atoms with Crippen LogP contribution in [0.2, 0.25) is 0 Å². The molecule has 0 radical (unpaired) electrons. The molecule has 0 aromatic rings. The monoisotopic (exact) mass is 282 g/mol. The molecular formula is C16H34N4. The molecule has 4 nitrogen and oxygen atoms in total. The summed E-state index contributed by atoms with van der Waals surface area (Å²) in [6, 6.07) is 0.674. The number of aliphatic imine (C=N–C) groups is 1. The minimum Gasteiger partial charge on any atom is -0.356 e. The van der Waals surface area contributed by atoms with Gasteiger partial charge in [0, 0.05) is 26.2 Å². The summed E-state index contributed by atoms with van der Waals surface area (Å²) in [5.74, 6) is 0.946. The molecule has 20 heavy (non-hydrogen) atoms. The first kappa shape index (κ1) is 17.3. The fourth-order valence-corrected chi connectivity index (χ4v) is 2.80. The highest BCUT2D eigenvalue weighted by Crippen LogP contribution is 2.19. The second-order valence-corrected chi connectivity index (χ2v) is 6.97. The molecule has 0 aromatic carbocycles. The normalized spacial score (nSPS) is 21.2. The van der Waals surface area contributed by atoms with Crippen molar-refractivity contribution in [3.63, 3.8) is 0 Å². The quantitative estimate of drug-likeness (QED) is 0.447. The first-order valence-corrected chi connectivity index (χ1v) is 8.15. The number of guanidine groups is 1. The highest BCUT2D eigenvalue weighted by molar-refractivity contribution is 5.79. The van der Waals surface area contributed by atoms with Crippen LogP contribution in [0, 0.1) is 5.41 Å². The van der Waals surface area contributed by atoms with E-state index in [1.807, 2.05) is 7.05 Å². The molecule has 1 heterocycles. The minimum atomic E-state index is 0.421. The van der Waals surface area contributed by atoms with Crippen molar-refractivity contribution in [3.05, 3.63) is 0 Å². The van der Waals surface area contributed by atoms with E-state index < -0.39 is 0 Å². The Labute approximate surface area is 125 Å². The SMILES string of the molecule is CCN1CCCC1CNC(=NC)NCCCC(C)(C)C. The molecule has 2 N–H and O–H groups in total. The summed E-state index contributed by atoms with van der Waals surface area (Å²) in [5.41, 5.74) is 0.421. The summed E-state index contributed by atoms with van der Waals surface area (Å²) in [5, 5.41) is 6.89. The number of hydrogen-bond acceptors (Lipinski definition) is 2. The Morgan fingerprint density at radius 1 is 1.30 bits per heavy atom. The summed E-state index contributed by atoms with van der Waals surface area (Å²) in [4.78, 5) is 6.87. The molecule has 1 fully saturated rings. The lowest BCUT2D eigenvalue weighted by molar-refractivity contribution is 0.267. The Bertz CT molecular complexity index is 293. The van der Waals surface area contributed by atoms with Gasteiger partial charge in [-0.3, -0.25) is 9.89 Å². The predicted molar refractivity (Wildman–Crippen MR) is 88.3 cm³/mol. The van der Waals surface area contributed by atoms with E-state index in [2.05, 4.69) is 48.2 Å². The van der Waals surface area contributed by atoms with Gasteiger partial charge in [0.05, 0.1) is 0 Å². The predicted octanol–water partition coefficient (Wildman–Crippen LogP) is 2.46. The van der Waals surface area contributed by atoms with E-state index in [0.717, 1.165) is 25.6 Å². The van der Waals surface area contributed by atoms with Gasteiger partial charge in [-0.25, -0.2) is 0 Å². The molecule has 1 saturated heterocycles. The Morgan fingerprint density at radius 2 is 2.05 bits per heavy atom. The Morgan fingerprint density at radius 3 is 2.65 bits per heavy atom. The zero-order chi connectivity index (χ0) is 15.0. The molecule has 0 aromatic heterocycles. The van der Waals surface area contributed by atoms with Crippen LogP contribution in [0.4, 0.5) is 0 Å². The van der Waals surface area contributed by atoms with E-state index in [1.54, 1.807) is 0 Å². The Kier molecular flexibility index (Phi) is 7.35. The van der Waals surface area contributed by atoms with Crippen LogP contribution in [-0.4, -0.2) is 50.1 Å². The lowest BCUT2D eigenvalue weighted by Gasteiger charge is -2.24. The van der Waals surface area contributed by atoms with Crippen molar-refractivity contribution in [1.82, 2.24) is 15.5 Å². The number of likely N-dealkylation sites (tertiary alicyclic amines) is 1. The van der Waals surface area contributed by atoms with Gasteiger partial charge in [0.15, 0.2) is 5.96 Å². The van der Waals surface area contributed by atoms with Crippen molar-refractivity contribution in [1.29, 1.82) is 0 Å². The fourth-order valence-electron chi connectivity index (χ4n) is 2.80. The zero-order valence-electron chi connectivity index (χ0n) is 14.1. The van der Waals surface area contributed by atoms with Crippen LogP contribution in [0.1, 0.15) is 53.4 Å². The van der Waals surface area contributed by atoms with Crippen LogP contribution < -0.4 is 10.6 Å². The average molecular weight is 282 g/mol. The number of rotatable bonds is 6. The van der Waals surface area contributed by atoms with Crippen molar-refractivity contribution in [2.24, 2.45) is 10.4 Å². The maximum atomic E-state index is 4.31. The van der Waals surface area contributed by atoms with Crippen LogP contribution in [0.25, 0.3) is 0 Å². The third kappa shape index (κ3) is 6.60. The molecule has 4 heteroatoms. The lowest BCUT2D eigenvalue weighted by Crippen LogP contribution is -2.45. The molecule has 1 atom stereocenters. The van der Waals surface area contributed by atoms with Crippen LogP contribution in [0.15, 0.2) is 4.99 Å². The van der Waals surface area contributed by atoms with Crippen molar-refractivity contribution >= 4 is 5.96 Å². The molecule has 0 amide bonds. The number of nitrogens with zero attached hydrogens (tertiary/aromatic N) is 2. The van der Waals surface area contributed by atoms with E-state index in [-0.39, 0.29) is 0 Å². The molecule has 0 aliphatic carbocycles. The van der Waals surface area contributed by atoms with Crippen molar-refractivity contribution in [2.45, 2.75) is 59.4 Å². The molecule has 1 unspecified atom stereocenters. The van der Waals surface area contributed by atoms with Gasteiger partial charge in [0.2, 0.25) is 0 Å². The second-order valence-electron chi connectivity index (χ2n) is 6.97. The minimum absolute atomic E-state index is 0.421. The van der Waals surface area contributed by atoms with E-state index in [4.69, 9.17) is 0 Å². The van der Waals surface area contributed by atoms with Gasteiger partial charge in [-0.15, -0.1) is 0 Å². The van der Waals surface area contributed by atoms with Crippen molar-refractivity contribution < 1.29 is 0 Å². The molecule has 1 aliphatic rings. The summed E-state index contributed by atoms with van der Waals surface area (Å²) in [6.07, 6.45) is 5.07. The summed E-state index contributed by atoms with van der Waals surface area (Å²) in [7, 11) is 1.85. The van der Waals surface area contributed by atoms with Gasteiger partial charge in [0.25, 0.3) is 0 Å². The topological polar surface area (TPSA) is 39.7 Å². The Balaban J connectivity index is 2.20. The van der Waals surface area contributed by atoms with Crippen LogP contribution in [0.5, 0.6) is 0 Å². The third-order valence-electron chi connectivity index (χ3n) is 4.03. The molecule has 118 valence electrons. The third-order valence-corrected chi connectivity index (χ3v) is 4.03. The molecule has 0 spiro atoms. The highest BCUT2D eigenvalue weighted by atomic mass is 15.2. The van der Waals surface area contributed by atoms with E-state index in [9.17, 15) is 0 Å². The standard InChI is InChI=1S/C16H34N4/c1-6-20-12-7-9-14(20)13-19-15(17-5)18-11-8-10-16(2,3)4/h14H,6-13H2,1-5H3,(H2,17,18,19). The van der Waals surface area contributed by atoms with E-state index in [1.165, 1.54) is 32.2 Å². The molecule has 0 bridgehead atoms. The van der Waals surface area contributed by atoms with Gasteiger partial charge in [-0.05, 0) is 44.2 Å². The smallest absolute Gasteiger partial charge is 0.191 e. The van der Waals surface area contributed by atoms with Gasteiger partial charge < -0.3 is 10.6 Å². The van der Waals surface area contributed by atoms with Crippen LogP contribution in [0.3, 0.4) is 0 Å². The lowest BCUT2D eigenvalue weighted by atomic mass is 9.91.